The van der Waals surface area contributed by atoms with Crippen molar-refractivity contribution in [3.8, 4) is 0 Å². The molecule has 0 radical (unpaired) electrons. The lowest BCUT2D eigenvalue weighted by Gasteiger charge is -2.10. The molecule has 2 N–H and O–H groups in total. The molecule has 0 aliphatic heterocycles. The van der Waals surface area contributed by atoms with E-state index >= 15 is 0 Å². The van der Waals surface area contributed by atoms with Crippen molar-refractivity contribution in [2.75, 3.05) is 12.4 Å². The molecule has 0 fully saturated rings. The molecule has 0 atom stereocenters. The van der Waals surface area contributed by atoms with Gasteiger partial charge in [0.15, 0.2) is 0 Å². The molecule has 0 spiro atoms. The number of anilines is 2. The average molecular weight is 390 g/mol. The maximum Gasteiger partial charge on any atom is 0.337 e. The molecule has 0 bridgehead atoms. The van der Waals surface area contributed by atoms with Crippen LogP contribution in [0.4, 0.5) is 11.6 Å². The summed E-state index contributed by atoms with van der Waals surface area (Å²) in [6.07, 6.45) is 0. The van der Waals surface area contributed by atoms with Gasteiger partial charge in [-0.3, -0.25) is 4.79 Å². The Morgan fingerprint density at radius 2 is 1.72 bits per heavy atom. The Morgan fingerprint density at radius 3 is 2.41 bits per heavy atom. The fourth-order valence-electron chi connectivity index (χ4n) is 2.75. The number of hydrogen-bond donors (Lipinski definition) is 2. The molecule has 0 saturated carbocycles. The number of benzene rings is 2. The number of nitrogens with one attached hydrogen (secondary N) is 2. The third kappa shape index (κ3) is 5.16. The van der Waals surface area contributed by atoms with E-state index in [9.17, 15) is 9.59 Å². The maximum absolute atomic E-state index is 12.6. The Balaban J connectivity index is 1.71. The molecule has 0 aliphatic rings. The minimum Gasteiger partial charge on any atom is -0.465 e. The molecule has 29 heavy (non-hydrogen) atoms. The first kappa shape index (κ1) is 20.0. The number of esters is 1. The van der Waals surface area contributed by atoms with E-state index in [1.54, 1.807) is 37.3 Å². The molecule has 1 amide bonds. The van der Waals surface area contributed by atoms with Crippen LogP contribution in [0, 0.1) is 13.8 Å². The number of carbonyl (C=O) groups excluding carboxylic acids is 2. The predicted molar refractivity (Wildman–Crippen MR) is 110 cm³/mol. The first-order valence-electron chi connectivity index (χ1n) is 9.10. The van der Waals surface area contributed by atoms with Crippen molar-refractivity contribution in [1.82, 2.24) is 15.3 Å². The van der Waals surface area contributed by atoms with E-state index < -0.39 is 5.97 Å². The molecular weight excluding hydrogens is 368 g/mol. The summed E-state index contributed by atoms with van der Waals surface area (Å²) in [6, 6.07) is 16.2. The lowest BCUT2D eigenvalue weighted by atomic mass is 10.1. The number of amides is 1. The number of ether oxygens (including phenoxy) is 1. The topological polar surface area (TPSA) is 93.2 Å². The first-order chi connectivity index (χ1) is 14.0. The fourth-order valence-corrected chi connectivity index (χ4v) is 2.75. The van der Waals surface area contributed by atoms with Crippen molar-refractivity contribution in [1.29, 1.82) is 0 Å². The minimum atomic E-state index is -0.407. The van der Waals surface area contributed by atoms with Crippen LogP contribution in [-0.4, -0.2) is 29.0 Å². The molecule has 0 saturated heterocycles. The van der Waals surface area contributed by atoms with Crippen LogP contribution in [0.5, 0.6) is 0 Å². The molecule has 1 aromatic heterocycles. The quantitative estimate of drug-likeness (QED) is 0.625. The van der Waals surface area contributed by atoms with Gasteiger partial charge in [0, 0.05) is 17.9 Å². The van der Waals surface area contributed by atoms with E-state index in [1.165, 1.54) is 7.11 Å². The number of hydrogen-bond acceptors (Lipinski definition) is 6. The summed E-state index contributed by atoms with van der Waals surface area (Å²) >= 11 is 0. The van der Waals surface area contributed by atoms with Gasteiger partial charge in [-0.1, -0.05) is 24.3 Å². The van der Waals surface area contributed by atoms with Gasteiger partial charge in [-0.15, -0.1) is 0 Å². The van der Waals surface area contributed by atoms with E-state index in [-0.39, 0.29) is 11.6 Å². The van der Waals surface area contributed by atoms with Crippen molar-refractivity contribution in [2.24, 2.45) is 0 Å². The molecule has 7 nitrogen and oxygen atoms in total. The Bertz CT molecular complexity index is 1030. The van der Waals surface area contributed by atoms with Crippen LogP contribution < -0.4 is 10.6 Å². The number of aryl methyl sites for hydroxylation is 2. The molecule has 148 valence electrons. The highest BCUT2D eigenvalue weighted by Crippen LogP contribution is 2.16. The van der Waals surface area contributed by atoms with Gasteiger partial charge in [0.05, 0.1) is 12.7 Å². The van der Waals surface area contributed by atoms with Crippen LogP contribution in [-0.2, 0) is 11.3 Å². The highest BCUT2D eigenvalue weighted by Gasteiger charge is 2.12. The molecule has 3 rings (SSSR count). The van der Waals surface area contributed by atoms with Crippen molar-refractivity contribution in [2.45, 2.75) is 20.4 Å². The predicted octanol–water partition coefficient (Wildman–Crippen LogP) is 3.55. The van der Waals surface area contributed by atoms with Gasteiger partial charge in [-0.25, -0.2) is 14.8 Å². The molecule has 0 unspecified atom stereocenters. The lowest BCUT2D eigenvalue weighted by molar-refractivity contribution is 0.0600. The number of carbonyl (C=O) groups is 2. The number of methoxy groups -OCH3 is 1. The average Bonchev–Trinajstić information content (AvgIpc) is 2.72. The van der Waals surface area contributed by atoms with Crippen molar-refractivity contribution in [3.63, 3.8) is 0 Å². The van der Waals surface area contributed by atoms with Crippen LogP contribution in [0.3, 0.4) is 0 Å². The molecule has 3 aromatic rings. The first-order valence-corrected chi connectivity index (χ1v) is 9.10. The Labute approximate surface area is 169 Å². The van der Waals surface area contributed by atoms with Gasteiger partial charge in [-0.05, 0) is 55.3 Å². The second-order valence-corrected chi connectivity index (χ2v) is 6.52. The third-order valence-electron chi connectivity index (χ3n) is 4.35. The van der Waals surface area contributed by atoms with Crippen LogP contribution >= 0.6 is 0 Å². The van der Waals surface area contributed by atoms with E-state index in [1.807, 2.05) is 31.2 Å². The highest BCUT2D eigenvalue weighted by atomic mass is 16.5. The monoisotopic (exact) mass is 390 g/mol. The van der Waals surface area contributed by atoms with Gasteiger partial charge < -0.3 is 15.4 Å². The smallest absolute Gasteiger partial charge is 0.337 e. The van der Waals surface area contributed by atoms with Crippen LogP contribution in [0.2, 0.25) is 0 Å². The Morgan fingerprint density at radius 1 is 1.00 bits per heavy atom. The molecule has 0 aliphatic carbocycles. The second kappa shape index (κ2) is 8.97. The van der Waals surface area contributed by atoms with E-state index in [0.29, 0.717) is 29.4 Å². The molecule has 2 aromatic carbocycles. The SMILES string of the molecule is COC(=O)c1ccc(Nc2nc(C)cc(C(=O)NCc3ccccc3C)n2)cc1. The standard InChI is InChI=1S/C22H22N4O3/c1-14-6-4-5-7-17(14)13-23-20(27)19-12-15(2)24-22(26-19)25-18-10-8-16(9-11-18)21(28)29-3/h4-12H,13H2,1-3H3,(H,23,27)(H,24,25,26). The highest BCUT2D eigenvalue weighted by molar-refractivity contribution is 5.92. The van der Waals surface area contributed by atoms with Crippen molar-refractivity contribution >= 4 is 23.5 Å². The summed E-state index contributed by atoms with van der Waals surface area (Å²) in [5.41, 5.74) is 4.24. The summed E-state index contributed by atoms with van der Waals surface area (Å²) in [5.74, 6) is -0.379. The Hall–Kier alpha value is -3.74. The minimum absolute atomic E-state index is 0.275. The molecule has 7 heteroatoms. The van der Waals surface area contributed by atoms with Gasteiger partial charge in [0.2, 0.25) is 5.95 Å². The zero-order chi connectivity index (χ0) is 20.8. The fraction of sp³-hybridized carbons (Fsp3) is 0.182. The van der Waals surface area contributed by atoms with Gasteiger partial charge in [0.25, 0.3) is 5.91 Å². The summed E-state index contributed by atoms with van der Waals surface area (Å²) in [6.45, 7) is 4.22. The van der Waals surface area contributed by atoms with E-state index in [2.05, 4.69) is 25.3 Å². The zero-order valence-electron chi connectivity index (χ0n) is 16.5. The molecular formula is C22H22N4O3. The van der Waals surface area contributed by atoms with Crippen LogP contribution in [0.15, 0.2) is 54.6 Å². The van der Waals surface area contributed by atoms with Crippen LogP contribution in [0.1, 0.15) is 37.7 Å². The summed E-state index contributed by atoms with van der Waals surface area (Å²) in [7, 11) is 1.33. The second-order valence-electron chi connectivity index (χ2n) is 6.52. The van der Waals surface area contributed by atoms with E-state index in [0.717, 1.165) is 11.1 Å². The summed E-state index contributed by atoms with van der Waals surface area (Å²) in [4.78, 5) is 32.7. The molecule has 1 heterocycles. The van der Waals surface area contributed by atoms with Gasteiger partial charge in [0.1, 0.15) is 5.69 Å². The summed E-state index contributed by atoms with van der Waals surface area (Å²) < 4.78 is 4.69. The van der Waals surface area contributed by atoms with Crippen molar-refractivity contribution < 1.29 is 14.3 Å². The van der Waals surface area contributed by atoms with Crippen LogP contribution in [0.25, 0.3) is 0 Å². The van der Waals surface area contributed by atoms with Gasteiger partial charge >= 0.3 is 5.97 Å². The lowest BCUT2D eigenvalue weighted by Crippen LogP contribution is -2.24. The Kier molecular flexibility index (Phi) is 6.19. The number of aromatic nitrogens is 2. The van der Waals surface area contributed by atoms with E-state index in [4.69, 9.17) is 0 Å². The third-order valence-corrected chi connectivity index (χ3v) is 4.35. The number of rotatable bonds is 6. The zero-order valence-corrected chi connectivity index (χ0v) is 16.5. The number of nitrogens with zero attached hydrogens (tertiary/aromatic N) is 2. The van der Waals surface area contributed by atoms with Gasteiger partial charge in [-0.2, -0.15) is 0 Å². The summed E-state index contributed by atoms with van der Waals surface area (Å²) in [5, 5.41) is 5.95. The largest absolute Gasteiger partial charge is 0.465 e. The van der Waals surface area contributed by atoms with Crippen molar-refractivity contribution in [3.05, 3.63) is 82.7 Å². The maximum atomic E-state index is 12.6. The normalized spacial score (nSPS) is 10.3.